The van der Waals surface area contributed by atoms with Gasteiger partial charge in [-0.25, -0.2) is 0 Å². The van der Waals surface area contributed by atoms with Gasteiger partial charge in [0.15, 0.2) is 5.11 Å². The predicted molar refractivity (Wildman–Crippen MR) is 143 cm³/mol. The molecule has 1 heterocycles. The second-order valence-corrected chi connectivity index (χ2v) is 10.2. The van der Waals surface area contributed by atoms with E-state index in [0.29, 0.717) is 10.7 Å². The Kier molecular flexibility index (Phi) is 7.44. The third-order valence-corrected chi connectivity index (χ3v) is 6.79. The second-order valence-electron chi connectivity index (χ2n) is 9.83. The summed E-state index contributed by atoms with van der Waals surface area (Å²) in [5.41, 5.74) is 4.46. The largest absolute Gasteiger partial charge is 0.346 e. The number of carbonyl (C=O) groups is 1. The van der Waals surface area contributed by atoms with Gasteiger partial charge < -0.3 is 4.90 Å². The molecule has 1 N–H and O–H groups in total. The van der Waals surface area contributed by atoms with Crippen molar-refractivity contribution in [3.8, 4) is 0 Å². The summed E-state index contributed by atoms with van der Waals surface area (Å²) in [6.45, 7) is 9.77. The maximum Gasteiger partial charge on any atom is 0.257 e. The fourth-order valence-electron chi connectivity index (χ4n) is 4.44. The van der Waals surface area contributed by atoms with E-state index in [1.165, 1.54) is 16.7 Å². The van der Waals surface area contributed by atoms with Gasteiger partial charge in [0.2, 0.25) is 0 Å². The maximum absolute atomic E-state index is 12.8. The number of hydrogen-bond acceptors (Lipinski definition) is 3. The predicted octanol–water partition coefficient (Wildman–Crippen LogP) is 5.41. The van der Waals surface area contributed by atoms with E-state index in [9.17, 15) is 4.79 Å². The molecule has 0 unspecified atom stereocenters. The Balaban J connectivity index is 1.38. The Bertz CT molecular complexity index is 1060. The first-order valence-corrected chi connectivity index (χ1v) is 12.3. The third-order valence-electron chi connectivity index (χ3n) is 6.43. The minimum Gasteiger partial charge on any atom is -0.346 e. The van der Waals surface area contributed by atoms with Crippen LogP contribution in [0.1, 0.15) is 53.9 Å². The summed E-state index contributed by atoms with van der Waals surface area (Å²) < 4.78 is 0. The number of carbonyl (C=O) groups excluding carboxylic acids is 1. The average Bonchev–Trinajstić information content (AvgIpc) is 2.85. The van der Waals surface area contributed by atoms with Crippen molar-refractivity contribution < 1.29 is 4.79 Å². The highest BCUT2D eigenvalue weighted by atomic mass is 32.1. The molecule has 0 atom stereocenters. The van der Waals surface area contributed by atoms with Crippen LogP contribution in [0.4, 0.5) is 0 Å². The summed E-state index contributed by atoms with van der Waals surface area (Å²) in [6.07, 6.45) is 0. The molecule has 5 heteroatoms. The van der Waals surface area contributed by atoms with Crippen LogP contribution in [0.3, 0.4) is 0 Å². The Labute approximate surface area is 208 Å². The molecule has 1 saturated heterocycles. The standard InChI is InChI=1S/C29H33N3OS/c1-29(2,3)25-16-14-24(15-17-25)27(33)30-28(34)32-20-18-31(19-21-32)26(22-10-6-4-7-11-22)23-12-8-5-9-13-23/h4-17,26H,18-21H2,1-3H3,(H,30,33,34). The normalized spacial score (nSPS) is 14.8. The monoisotopic (exact) mass is 471 g/mol. The lowest BCUT2D eigenvalue weighted by molar-refractivity contribution is 0.0967. The SMILES string of the molecule is CC(C)(C)c1ccc(C(=O)NC(=S)N2CCN(C(c3ccccc3)c3ccccc3)CC2)cc1. The highest BCUT2D eigenvalue weighted by Crippen LogP contribution is 2.29. The van der Waals surface area contributed by atoms with Crippen LogP contribution in [0, 0.1) is 0 Å². The number of rotatable bonds is 4. The molecule has 1 aliphatic rings. The van der Waals surface area contributed by atoms with Gasteiger partial charge in [0.1, 0.15) is 0 Å². The van der Waals surface area contributed by atoms with E-state index in [0.717, 1.165) is 26.2 Å². The van der Waals surface area contributed by atoms with E-state index < -0.39 is 0 Å². The van der Waals surface area contributed by atoms with Gasteiger partial charge in [-0.3, -0.25) is 15.0 Å². The third kappa shape index (κ3) is 5.72. The van der Waals surface area contributed by atoms with Gasteiger partial charge in [-0.1, -0.05) is 93.6 Å². The molecular formula is C29H33N3OS. The van der Waals surface area contributed by atoms with E-state index in [1.54, 1.807) is 0 Å². The van der Waals surface area contributed by atoms with Crippen molar-refractivity contribution >= 4 is 23.2 Å². The summed E-state index contributed by atoms with van der Waals surface area (Å²) in [7, 11) is 0. The van der Waals surface area contributed by atoms with Gasteiger partial charge in [0.25, 0.3) is 5.91 Å². The van der Waals surface area contributed by atoms with Crippen LogP contribution < -0.4 is 5.32 Å². The molecule has 4 nitrogen and oxygen atoms in total. The van der Waals surface area contributed by atoms with Gasteiger partial charge in [0.05, 0.1) is 6.04 Å². The fraction of sp³-hybridized carbons (Fsp3) is 0.310. The Morgan fingerprint density at radius 3 is 1.76 bits per heavy atom. The zero-order valence-electron chi connectivity index (χ0n) is 20.2. The summed E-state index contributed by atoms with van der Waals surface area (Å²) in [5, 5.41) is 3.43. The van der Waals surface area contributed by atoms with Crippen molar-refractivity contribution in [1.29, 1.82) is 0 Å². The first kappa shape index (κ1) is 24.1. The fourth-order valence-corrected chi connectivity index (χ4v) is 4.71. The number of nitrogens with one attached hydrogen (secondary N) is 1. The number of benzene rings is 3. The van der Waals surface area contributed by atoms with Crippen molar-refractivity contribution in [2.45, 2.75) is 32.2 Å². The molecule has 176 valence electrons. The van der Waals surface area contributed by atoms with Crippen molar-refractivity contribution in [1.82, 2.24) is 15.1 Å². The zero-order valence-corrected chi connectivity index (χ0v) is 21.0. The van der Waals surface area contributed by atoms with E-state index in [2.05, 4.69) is 96.6 Å². The van der Waals surface area contributed by atoms with Crippen LogP contribution in [0.15, 0.2) is 84.9 Å². The van der Waals surface area contributed by atoms with Crippen LogP contribution >= 0.6 is 12.2 Å². The summed E-state index contributed by atoms with van der Waals surface area (Å²) in [4.78, 5) is 17.4. The van der Waals surface area contributed by atoms with Crippen LogP contribution in [-0.4, -0.2) is 47.0 Å². The van der Waals surface area contributed by atoms with Crippen molar-refractivity contribution in [3.63, 3.8) is 0 Å². The van der Waals surface area contributed by atoms with Crippen LogP contribution in [0.25, 0.3) is 0 Å². The van der Waals surface area contributed by atoms with Gasteiger partial charge >= 0.3 is 0 Å². The lowest BCUT2D eigenvalue weighted by Gasteiger charge is -2.40. The molecule has 34 heavy (non-hydrogen) atoms. The van der Waals surface area contributed by atoms with Crippen LogP contribution in [0.5, 0.6) is 0 Å². The van der Waals surface area contributed by atoms with Gasteiger partial charge in [-0.05, 0) is 46.5 Å². The number of hydrogen-bond donors (Lipinski definition) is 1. The van der Waals surface area contributed by atoms with Gasteiger partial charge in [0, 0.05) is 31.7 Å². The molecule has 1 fully saturated rings. The quantitative estimate of drug-likeness (QED) is 0.517. The molecule has 1 amide bonds. The molecule has 0 saturated carbocycles. The first-order chi connectivity index (χ1) is 16.3. The summed E-state index contributed by atoms with van der Waals surface area (Å²) >= 11 is 5.60. The second kappa shape index (κ2) is 10.5. The van der Waals surface area contributed by atoms with Crippen molar-refractivity contribution in [2.75, 3.05) is 26.2 Å². The molecule has 0 bridgehead atoms. The van der Waals surface area contributed by atoms with Crippen LogP contribution in [0.2, 0.25) is 0 Å². The summed E-state index contributed by atoms with van der Waals surface area (Å²) in [6, 6.07) is 29.3. The Morgan fingerprint density at radius 1 is 0.794 bits per heavy atom. The molecule has 4 rings (SSSR count). The molecule has 3 aromatic rings. The number of piperazine rings is 1. The zero-order chi connectivity index (χ0) is 24.1. The van der Waals surface area contributed by atoms with E-state index >= 15 is 0 Å². The average molecular weight is 472 g/mol. The topological polar surface area (TPSA) is 35.6 Å². The van der Waals surface area contributed by atoms with E-state index in [4.69, 9.17) is 12.2 Å². The molecule has 3 aromatic carbocycles. The van der Waals surface area contributed by atoms with Gasteiger partial charge in [-0.15, -0.1) is 0 Å². The number of amides is 1. The van der Waals surface area contributed by atoms with E-state index in [1.807, 2.05) is 24.3 Å². The highest BCUT2D eigenvalue weighted by molar-refractivity contribution is 7.80. The summed E-state index contributed by atoms with van der Waals surface area (Å²) in [5.74, 6) is -0.153. The lowest BCUT2D eigenvalue weighted by atomic mass is 9.87. The molecule has 0 aliphatic carbocycles. The Hall–Kier alpha value is -3.02. The first-order valence-electron chi connectivity index (χ1n) is 11.9. The minimum atomic E-state index is -0.153. The smallest absolute Gasteiger partial charge is 0.257 e. The maximum atomic E-state index is 12.8. The van der Waals surface area contributed by atoms with Gasteiger partial charge in [-0.2, -0.15) is 0 Å². The molecule has 0 aromatic heterocycles. The lowest BCUT2D eigenvalue weighted by Crippen LogP contribution is -2.53. The van der Waals surface area contributed by atoms with Crippen LogP contribution in [-0.2, 0) is 5.41 Å². The Morgan fingerprint density at radius 2 is 1.29 bits per heavy atom. The number of nitrogens with zero attached hydrogens (tertiary/aromatic N) is 2. The van der Waals surface area contributed by atoms with Crippen molar-refractivity contribution in [2.24, 2.45) is 0 Å². The van der Waals surface area contributed by atoms with Crippen molar-refractivity contribution in [3.05, 3.63) is 107 Å². The minimum absolute atomic E-state index is 0.0569. The molecule has 0 radical (unpaired) electrons. The highest BCUT2D eigenvalue weighted by Gasteiger charge is 2.27. The van der Waals surface area contributed by atoms with E-state index in [-0.39, 0.29) is 17.4 Å². The molecule has 1 aliphatic heterocycles. The molecule has 0 spiro atoms. The number of thiocarbonyl (C=S) groups is 1. The molecular weight excluding hydrogens is 438 g/mol.